The molecule has 5 heterocycles. The lowest BCUT2D eigenvalue weighted by atomic mass is 10.3. The highest BCUT2D eigenvalue weighted by Crippen LogP contribution is 1.95. The molecule has 5 rings (SSSR count). The zero-order chi connectivity index (χ0) is 29.8. The predicted molar refractivity (Wildman–Crippen MR) is 178 cm³/mol. The monoisotopic (exact) mass is 559 g/mol. The quantitative estimate of drug-likeness (QED) is 0.154. The molecular weight excluding hydrogens is 502 g/mol. The Bertz CT molecular complexity index is 942. The molecule has 0 unspecified atom stereocenters. The lowest BCUT2D eigenvalue weighted by Gasteiger charge is -1.97. The molecule has 0 aliphatic heterocycles. The van der Waals surface area contributed by atoms with Gasteiger partial charge in [0.1, 0.15) is 0 Å². The molecule has 5 aromatic heterocycles. The van der Waals surface area contributed by atoms with E-state index in [-0.39, 0.29) is 0 Å². The second-order valence-corrected chi connectivity index (χ2v) is 9.96. The number of hydrogen-bond donors (Lipinski definition) is 0. The molecule has 0 saturated heterocycles. The van der Waals surface area contributed by atoms with Gasteiger partial charge in [-0.25, -0.2) is 0 Å². The Morgan fingerprint density at radius 2 is 0.463 bits per heavy atom. The van der Waals surface area contributed by atoms with Gasteiger partial charge < -0.3 is 22.8 Å². The van der Waals surface area contributed by atoms with E-state index >= 15 is 0 Å². The molecular formula is C36H57N5. The largest absolute Gasteiger partial charge is 0.354 e. The molecule has 5 aromatic rings. The van der Waals surface area contributed by atoms with Gasteiger partial charge in [0, 0.05) is 94.7 Å². The van der Waals surface area contributed by atoms with Crippen LogP contribution in [0.25, 0.3) is 0 Å². The van der Waals surface area contributed by atoms with Gasteiger partial charge in [0.2, 0.25) is 0 Å². The predicted octanol–water partition coefficient (Wildman–Crippen LogP) is 9.88. The molecule has 0 fully saturated rings. The van der Waals surface area contributed by atoms with Gasteiger partial charge in [0.05, 0.1) is 0 Å². The number of aryl methyl sites for hydroxylation is 5. The van der Waals surface area contributed by atoms with Crippen molar-refractivity contribution in [1.29, 1.82) is 0 Å². The van der Waals surface area contributed by atoms with Crippen LogP contribution in [-0.4, -0.2) is 22.8 Å². The molecule has 0 atom stereocenters. The number of aromatic nitrogens is 5. The maximum absolute atomic E-state index is 2.21. The molecule has 0 saturated carbocycles. The van der Waals surface area contributed by atoms with Gasteiger partial charge in [-0.05, 0) is 92.8 Å². The minimum atomic E-state index is 1.15. The first-order valence-electron chi connectivity index (χ1n) is 15.7. The van der Waals surface area contributed by atoms with E-state index in [9.17, 15) is 0 Å². The summed E-state index contributed by atoms with van der Waals surface area (Å²) in [5, 5.41) is 0. The van der Waals surface area contributed by atoms with Gasteiger partial charge >= 0.3 is 0 Å². The third-order valence-corrected chi connectivity index (χ3v) is 6.03. The van der Waals surface area contributed by atoms with Crippen molar-refractivity contribution in [1.82, 2.24) is 22.8 Å². The third-order valence-electron chi connectivity index (χ3n) is 6.03. The molecule has 0 spiro atoms. The molecule has 5 heteroatoms. The second-order valence-electron chi connectivity index (χ2n) is 9.96. The summed E-state index contributed by atoms with van der Waals surface area (Å²) >= 11 is 0. The lowest BCUT2D eigenvalue weighted by Crippen LogP contribution is -1.91. The van der Waals surface area contributed by atoms with Crippen molar-refractivity contribution in [3.63, 3.8) is 0 Å². The molecule has 0 amide bonds. The van der Waals surface area contributed by atoms with E-state index in [1.807, 2.05) is 0 Å². The van der Waals surface area contributed by atoms with Gasteiger partial charge in [-0.1, -0.05) is 41.0 Å². The molecule has 41 heavy (non-hydrogen) atoms. The molecule has 0 radical (unpaired) electrons. The zero-order valence-corrected chi connectivity index (χ0v) is 26.6. The van der Waals surface area contributed by atoms with Crippen molar-refractivity contribution >= 4 is 0 Å². The molecule has 5 nitrogen and oxygen atoms in total. The summed E-state index contributed by atoms with van der Waals surface area (Å²) < 4.78 is 10.9. The van der Waals surface area contributed by atoms with Crippen LogP contribution in [0.3, 0.4) is 0 Å². The summed E-state index contributed by atoms with van der Waals surface area (Å²) in [4.78, 5) is 0. The van der Waals surface area contributed by atoms with Crippen molar-refractivity contribution < 1.29 is 0 Å². The summed E-state index contributed by atoms with van der Waals surface area (Å²) in [7, 11) is 0. The first kappa shape index (κ1) is 35.4. The van der Waals surface area contributed by atoms with Crippen LogP contribution in [0.1, 0.15) is 73.1 Å². The summed E-state index contributed by atoms with van der Waals surface area (Å²) in [5.74, 6) is 0. The average Bonchev–Trinajstić information content (AvgIpc) is 3.82. The van der Waals surface area contributed by atoms with E-state index in [1.165, 1.54) is 45.1 Å². The number of unbranched alkanes of at least 4 members (excludes halogenated alkanes) is 1. The Morgan fingerprint density at radius 3 is 0.634 bits per heavy atom. The van der Waals surface area contributed by atoms with Crippen LogP contribution in [0.2, 0.25) is 0 Å². The highest BCUT2D eigenvalue weighted by Gasteiger charge is 1.85. The van der Waals surface area contributed by atoms with Crippen molar-refractivity contribution in [2.24, 2.45) is 0 Å². The first-order valence-corrected chi connectivity index (χ1v) is 15.7. The maximum Gasteiger partial charge on any atom is 0.0219 e. The van der Waals surface area contributed by atoms with E-state index in [4.69, 9.17) is 0 Å². The Hall–Kier alpha value is -3.60. The molecule has 0 aliphatic carbocycles. The van der Waals surface area contributed by atoms with Gasteiger partial charge in [-0.15, -0.1) is 0 Å². The fourth-order valence-corrected chi connectivity index (χ4v) is 3.97. The van der Waals surface area contributed by atoms with Crippen LogP contribution in [0, 0.1) is 0 Å². The lowest BCUT2D eigenvalue weighted by molar-refractivity contribution is 0.635. The minimum absolute atomic E-state index is 1.15. The van der Waals surface area contributed by atoms with Crippen molar-refractivity contribution in [3.8, 4) is 0 Å². The Morgan fingerprint density at radius 1 is 0.268 bits per heavy atom. The highest BCUT2D eigenvalue weighted by molar-refractivity contribution is 4.92. The van der Waals surface area contributed by atoms with Gasteiger partial charge in [0.15, 0.2) is 0 Å². The SMILES string of the molecule is CCCCn1cccc1.CCCn1cccc1.CCCn1cccc1.CCCn1cccc1.CCCn1cccc1. The molecule has 0 aliphatic rings. The van der Waals surface area contributed by atoms with Crippen molar-refractivity contribution in [2.45, 2.75) is 106 Å². The van der Waals surface area contributed by atoms with Crippen LogP contribution in [-0.2, 0) is 32.7 Å². The first-order chi connectivity index (χ1) is 20.2. The van der Waals surface area contributed by atoms with Gasteiger partial charge in [-0.2, -0.15) is 0 Å². The van der Waals surface area contributed by atoms with Crippen LogP contribution < -0.4 is 0 Å². The van der Waals surface area contributed by atoms with Gasteiger partial charge in [0.25, 0.3) is 0 Å². The number of rotatable bonds is 11. The summed E-state index contributed by atoms with van der Waals surface area (Å²) in [5.41, 5.74) is 0. The molecule has 0 aromatic carbocycles. The molecule has 226 valence electrons. The topological polar surface area (TPSA) is 24.6 Å². The Labute approximate surface area is 251 Å². The maximum atomic E-state index is 2.21. The average molecular weight is 560 g/mol. The number of hydrogen-bond acceptors (Lipinski definition) is 0. The van der Waals surface area contributed by atoms with Crippen LogP contribution >= 0.6 is 0 Å². The van der Waals surface area contributed by atoms with Gasteiger partial charge in [-0.3, -0.25) is 0 Å². The van der Waals surface area contributed by atoms with E-state index in [2.05, 4.69) is 180 Å². The zero-order valence-electron chi connectivity index (χ0n) is 26.6. The van der Waals surface area contributed by atoms with Crippen molar-refractivity contribution in [3.05, 3.63) is 123 Å². The minimum Gasteiger partial charge on any atom is -0.354 e. The molecule has 0 N–H and O–H groups in total. The third kappa shape index (κ3) is 19.2. The summed E-state index contributed by atoms with van der Waals surface area (Å²) in [6.07, 6.45) is 28.3. The Balaban J connectivity index is 0.000000256. The van der Waals surface area contributed by atoms with E-state index < -0.39 is 0 Å². The van der Waals surface area contributed by atoms with E-state index in [0.717, 1.165) is 26.2 Å². The normalized spacial score (nSPS) is 9.68. The standard InChI is InChI=1S/C8H13N.4C7H11N/c1-2-3-6-9-7-4-5-8-9;4*1-2-5-8-6-3-4-7-8/h4-5,7-8H,2-3,6H2,1H3;4*3-4,6-7H,2,5H2,1H3. The van der Waals surface area contributed by atoms with Crippen molar-refractivity contribution in [2.75, 3.05) is 0 Å². The van der Waals surface area contributed by atoms with E-state index in [1.54, 1.807) is 0 Å². The number of nitrogens with zero attached hydrogens (tertiary/aromatic N) is 5. The smallest absolute Gasteiger partial charge is 0.0219 e. The Kier molecular flexibility index (Phi) is 21.9. The van der Waals surface area contributed by atoms with Crippen LogP contribution in [0.15, 0.2) is 123 Å². The second kappa shape index (κ2) is 25.4. The fraction of sp³-hybridized carbons (Fsp3) is 0.444. The van der Waals surface area contributed by atoms with Crippen LogP contribution in [0.4, 0.5) is 0 Å². The van der Waals surface area contributed by atoms with E-state index in [0.29, 0.717) is 0 Å². The molecule has 0 bridgehead atoms. The van der Waals surface area contributed by atoms with Crippen LogP contribution in [0.5, 0.6) is 0 Å². The summed E-state index contributed by atoms with van der Waals surface area (Å²) in [6, 6.07) is 20.5. The highest BCUT2D eigenvalue weighted by atomic mass is 14.9. The summed E-state index contributed by atoms with van der Waals surface area (Å²) in [6.45, 7) is 16.7. The fourth-order valence-electron chi connectivity index (χ4n) is 3.97.